The second-order valence-corrected chi connectivity index (χ2v) is 5.22. The van der Waals surface area contributed by atoms with Gasteiger partial charge in [-0.2, -0.15) is 0 Å². The zero-order chi connectivity index (χ0) is 11.4. The Morgan fingerprint density at radius 3 is 2.60 bits per heavy atom. The van der Waals surface area contributed by atoms with Crippen LogP contribution in [0.1, 0.15) is 41.9 Å². The van der Waals surface area contributed by atoms with Crippen LogP contribution in [0.25, 0.3) is 0 Å². The lowest BCUT2D eigenvalue weighted by Gasteiger charge is -2.15. The van der Waals surface area contributed by atoms with Gasteiger partial charge in [-0.15, -0.1) is 11.3 Å². The van der Waals surface area contributed by atoms with Crippen LogP contribution < -0.4 is 11.1 Å². The summed E-state index contributed by atoms with van der Waals surface area (Å²) in [6.07, 6.45) is 1.01. The average molecular weight is 227 g/mol. The molecular weight excluding hydrogens is 206 g/mol. The number of aromatic nitrogens is 1. The molecule has 15 heavy (non-hydrogen) atoms. The number of thiazole rings is 1. The van der Waals surface area contributed by atoms with E-state index in [0.717, 1.165) is 23.7 Å². The molecule has 3 N–H and O–H groups in total. The predicted molar refractivity (Wildman–Crippen MR) is 66.3 cm³/mol. The Morgan fingerprint density at radius 1 is 1.47 bits per heavy atom. The molecule has 0 saturated carbocycles. The molecule has 1 heterocycles. The van der Waals surface area contributed by atoms with E-state index in [9.17, 15) is 0 Å². The van der Waals surface area contributed by atoms with Gasteiger partial charge in [0.1, 0.15) is 0 Å². The predicted octanol–water partition coefficient (Wildman–Crippen LogP) is 2.15. The number of rotatable bonds is 5. The first kappa shape index (κ1) is 12.6. The molecule has 0 aliphatic rings. The molecule has 0 radical (unpaired) electrons. The van der Waals surface area contributed by atoms with Crippen LogP contribution in [0, 0.1) is 13.8 Å². The van der Waals surface area contributed by atoms with E-state index in [0.29, 0.717) is 6.04 Å². The average Bonchev–Trinajstić information content (AvgIpc) is 2.53. The third-order valence-electron chi connectivity index (χ3n) is 2.54. The Hall–Kier alpha value is -0.450. The van der Waals surface area contributed by atoms with Crippen LogP contribution in [0.4, 0.5) is 0 Å². The van der Waals surface area contributed by atoms with Gasteiger partial charge >= 0.3 is 0 Å². The van der Waals surface area contributed by atoms with E-state index in [-0.39, 0.29) is 6.04 Å². The first-order chi connectivity index (χ1) is 7.04. The van der Waals surface area contributed by atoms with Gasteiger partial charge in [0.25, 0.3) is 0 Å². The van der Waals surface area contributed by atoms with E-state index in [1.165, 1.54) is 4.88 Å². The van der Waals surface area contributed by atoms with Crippen LogP contribution in [0.15, 0.2) is 0 Å². The molecule has 0 fully saturated rings. The molecule has 3 nitrogen and oxygen atoms in total. The van der Waals surface area contributed by atoms with E-state index in [1.54, 1.807) is 11.3 Å². The highest BCUT2D eigenvalue weighted by atomic mass is 32.1. The van der Waals surface area contributed by atoms with E-state index in [1.807, 2.05) is 6.92 Å². The van der Waals surface area contributed by atoms with Gasteiger partial charge in [-0.25, -0.2) is 4.98 Å². The summed E-state index contributed by atoms with van der Waals surface area (Å²) in [5.41, 5.74) is 7.01. The van der Waals surface area contributed by atoms with Gasteiger partial charge in [0, 0.05) is 23.5 Å². The zero-order valence-electron chi connectivity index (χ0n) is 10.0. The smallest absolute Gasteiger partial charge is 0.0900 e. The Morgan fingerprint density at radius 2 is 2.13 bits per heavy atom. The summed E-state index contributed by atoms with van der Waals surface area (Å²) < 4.78 is 0. The van der Waals surface area contributed by atoms with Crippen molar-refractivity contribution in [2.45, 2.75) is 46.2 Å². The fourth-order valence-corrected chi connectivity index (χ4v) is 2.47. The van der Waals surface area contributed by atoms with Crippen molar-refractivity contribution >= 4 is 11.3 Å². The molecule has 86 valence electrons. The highest BCUT2D eigenvalue weighted by Gasteiger charge is 2.12. The summed E-state index contributed by atoms with van der Waals surface area (Å²) in [6, 6.07) is 0.607. The van der Waals surface area contributed by atoms with Crippen molar-refractivity contribution in [2.24, 2.45) is 5.73 Å². The van der Waals surface area contributed by atoms with Gasteiger partial charge in [-0.3, -0.25) is 0 Å². The summed E-state index contributed by atoms with van der Waals surface area (Å²) in [5.74, 6) is 0. The Kier molecular flexibility index (Phi) is 4.70. The van der Waals surface area contributed by atoms with Gasteiger partial charge in [0.15, 0.2) is 0 Å². The van der Waals surface area contributed by atoms with Crippen molar-refractivity contribution in [3.63, 3.8) is 0 Å². The van der Waals surface area contributed by atoms with Gasteiger partial charge in [-0.1, -0.05) is 6.92 Å². The van der Waals surface area contributed by atoms with Crippen LogP contribution in [0.3, 0.4) is 0 Å². The molecule has 0 amide bonds. The maximum absolute atomic E-state index is 5.87. The van der Waals surface area contributed by atoms with Crippen LogP contribution in [-0.4, -0.2) is 17.6 Å². The summed E-state index contributed by atoms with van der Waals surface area (Å²) in [5, 5.41) is 4.58. The molecule has 4 heteroatoms. The topological polar surface area (TPSA) is 50.9 Å². The highest BCUT2D eigenvalue weighted by Crippen LogP contribution is 2.24. The van der Waals surface area contributed by atoms with Gasteiger partial charge in [0.05, 0.1) is 10.7 Å². The van der Waals surface area contributed by atoms with E-state index < -0.39 is 0 Å². The van der Waals surface area contributed by atoms with Crippen molar-refractivity contribution in [1.82, 2.24) is 10.3 Å². The maximum Gasteiger partial charge on any atom is 0.0900 e. The molecule has 1 aromatic rings. The lowest BCUT2D eigenvalue weighted by molar-refractivity contribution is 0.511. The summed E-state index contributed by atoms with van der Waals surface area (Å²) in [6.45, 7) is 9.26. The summed E-state index contributed by atoms with van der Waals surface area (Å²) in [7, 11) is 0. The molecule has 0 bridgehead atoms. The minimum Gasteiger partial charge on any atom is -0.327 e. The van der Waals surface area contributed by atoms with Gasteiger partial charge < -0.3 is 11.1 Å². The van der Waals surface area contributed by atoms with Crippen molar-refractivity contribution in [3.05, 3.63) is 15.6 Å². The molecule has 0 aliphatic heterocycles. The third-order valence-corrected chi connectivity index (χ3v) is 3.80. The Bertz CT molecular complexity index is 309. The molecule has 2 unspecified atom stereocenters. The van der Waals surface area contributed by atoms with Crippen molar-refractivity contribution in [1.29, 1.82) is 0 Å². The third kappa shape index (κ3) is 3.55. The fraction of sp³-hybridized carbons (Fsp3) is 0.727. The zero-order valence-corrected chi connectivity index (χ0v) is 10.8. The molecule has 0 saturated heterocycles. The number of nitrogens with one attached hydrogen (secondary N) is 1. The van der Waals surface area contributed by atoms with Crippen LogP contribution in [0.2, 0.25) is 0 Å². The molecule has 0 spiro atoms. The van der Waals surface area contributed by atoms with E-state index in [2.05, 4.69) is 31.1 Å². The lowest BCUT2D eigenvalue weighted by Crippen LogP contribution is -2.34. The van der Waals surface area contributed by atoms with Crippen molar-refractivity contribution in [2.75, 3.05) is 6.54 Å². The van der Waals surface area contributed by atoms with Crippen LogP contribution >= 0.6 is 11.3 Å². The summed E-state index contributed by atoms with van der Waals surface area (Å²) in [4.78, 5) is 5.76. The van der Waals surface area contributed by atoms with Gasteiger partial charge in [-0.05, 0) is 27.2 Å². The van der Waals surface area contributed by atoms with Crippen molar-refractivity contribution < 1.29 is 0 Å². The normalized spacial score (nSPS) is 15.3. The molecule has 2 atom stereocenters. The molecule has 1 aromatic heterocycles. The SMILES string of the molecule is CCC(N)CNC(C)c1sc(C)nc1C. The van der Waals surface area contributed by atoms with Crippen LogP contribution in [-0.2, 0) is 0 Å². The number of nitrogens with two attached hydrogens (primary N) is 1. The molecular formula is C11H21N3S. The first-order valence-electron chi connectivity index (χ1n) is 5.47. The summed E-state index contributed by atoms with van der Waals surface area (Å²) >= 11 is 1.77. The minimum atomic E-state index is 0.252. The molecule has 1 rings (SSSR count). The lowest BCUT2D eigenvalue weighted by atomic mass is 10.2. The fourth-order valence-electron chi connectivity index (χ4n) is 1.51. The largest absolute Gasteiger partial charge is 0.327 e. The van der Waals surface area contributed by atoms with E-state index >= 15 is 0 Å². The number of nitrogens with zero attached hydrogens (tertiary/aromatic N) is 1. The second kappa shape index (κ2) is 5.58. The number of hydrogen-bond donors (Lipinski definition) is 2. The standard InChI is InChI=1S/C11H21N3S/c1-5-10(12)6-13-7(2)11-8(3)14-9(4)15-11/h7,10,13H,5-6,12H2,1-4H3. The van der Waals surface area contributed by atoms with Gasteiger partial charge in [0.2, 0.25) is 0 Å². The Balaban J connectivity index is 2.53. The maximum atomic E-state index is 5.87. The van der Waals surface area contributed by atoms with Crippen LogP contribution in [0.5, 0.6) is 0 Å². The quantitative estimate of drug-likeness (QED) is 0.810. The number of aryl methyl sites for hydroxylation is 2. The minimum absolute atomic E-state index is 0.252. The number of hydrogen-bond acceptors (Lipinski definition) is 4. The molecule has 0 aromatic carbocycles. The molecule has 0 aliphatic carbocycles. The van der Waals surface area contributed by atoms with Crippen molar-refractivity contribution in [3.8, 4) is 0 Å². The Labute approximate surface area is 96.1 Å². The first-order valence-corrected chi connectivity index (χ1v) is 6.29. The monoisotopic (exact) mass is 227 g/mol. The highest BCUT2D eigenvalue weighted by molar-refractivity contribution is 7.11. The second-order valence-electron chi connectivity index (χ2n) is 3.98. The van der Waals surface area contributed by atoms with E-state index in [4.69, 9.17) is 5.73 Å².